The lowest BCUT2D eigenvalue weighted by molar-refractivity contribution is -0.123. The maximum atomic E-state index is 14.6. The highest BCUT2D eigenvalue weighted by Crippen LogP contribution is 2.26. The molecule has 0 aliphatic carbocycles. The number of imide groups is 1. The smallest absolute Gasteiger partial charge is 0.265 e. The molecule has 2 rings (SSSR count). The normalized spacial score (nSPS) is 16.2. The Morgan fingerprint density at radius 3 is 2.50 bits per heavy atom. The molecular formula is C29H42FN3O3. The van der Waals surface area contributed by atoms with Crippen molar-refractivity contribution < 1.29 is 18.8 Å². The summed E-state index contributed by atoms with van der Waals surface area (Å²) in [5.74, 6) is -1.21. The molecule has 0 radical (unpaired) electrons. The van der Waals surface area contributed by atoms with Crippen molar-refractivity contribution in [3.05, 3.63) is 65.0 Å². The van der Waals surface area contributed by atoms with Gasteiger partial charge in [-0.2, -0.15) is 0 Å². The monoisotopic (exact) mass is 499 g/mol. The van der Waals surface area contributed by atoms with Crippen LogP contribution in [0.15, 0.2) is 53.6 Å². The molecule has 1 aromatic carbocycles. The summed E-state index contributed by atoms with van der Waals surface area (Å²) in [6, 6.07) is 4.30. The van der Waals surface area contributed by atoms with Gasteiger partial charge in [0.25, 0.3) is 5.91 Å². The van der Waals surface area contributed by atoms with Crippen LogP contribution in [0.25, 0.3) is 0 Å². The van der Waals surface area contributed by atoms with Crippen molar-refractivity contribution in [2.75, 3.05) is 11.9 Å². The Bertz CT molecular complexity index is 969. The molecule has 1 aliphatic heterocycles. The molecule has 0 bridgehead atoms. The molecule has 0 saturated carbocycles. The number of halogens is 1. The van der Waals surface area contributed by atoms with Crippen molar-refractivity contribution in [3.63, 3.8) is 0 Å². The molecule has 7 heteroatoms. The van der Waals surface area contributed by atoms with Crippen molar-refractivity contribution >= 4 is 23.9 Å². The number of benzene rings is 1. The summed E-state index contributed by atoms with van der Waals surface area (Å²) in [5.41, 5.74) is 5.02. The van der Waals surface area contributed by atoms with E-state index in [4.69, 9.17) is 0 Å². The fraction of sp³-hybridized carbons (Fsp3) is 0.483. The van der Waals surface area contributed by atoms with Crippen LogP contribution in [-0.4, -0.2) is 36.3 Å². The van der Waals surface area contributed by atoms with E-state index in [9.17, 15) is 18.8 Å². The number of carbonyl (C=O) groups is 3. The lowest BCUT2D eigenvalue weighted by Gasteiger charge is -2.35. The first-order valence-electron chi connectivity index (χ1n) is 12.9. The molecule has 1 N–H and O–H groups in total. The van der Waals surface area contributed by atoms with E-state index >= 15 is 0 Å². The summed E-state index contributed by atoms with van der Waals surface area (Å²) >= 11 is 0. The van der Waals surface area contributed by atoms with Gasteiger partial charge in [0.1, 0.15) is 5.82 Å². The Labute approximate surface area is 215 Å². The summed E-state index contributed by atoms with van der Waals surface area (Å²) < 4.78 is 14.6. The zero-order valence-electron chi connectivity index (χ0n) is 22.6. The van der Waals surface area contributed by atoms with Crippen molar-refractivity contribution in [3.8, 4) is 0 Å². The summed E-state index contributed by atoms with van der Waals surface area (Å²) in [5, 5.41) is 1.73. The number of hydrogen-bond acceptors (Lipinski definition) is 4. The first kappa shape index (κ1) is 31.0. The SMILES string of the molecule is C/C=C\C=C/C1=C(C)C(Cc2ccc(F)c(N(C=O)C(=O)CCCCCCC)c2)N(C)NC1=O.CC. The van der Waals surface area contributed by atoms with Gasteiger partial charge in [0.05, 0.1) is 11.7 Å². The van der Waals surface area contributed by atoms with Crippen LogP contribution < -0.4 is 10.3 Å². The Balaban J connectivity index is 0.00000316. The lowest BCUT2D eigenvalue weighted by Crippen LogP contribution is -2.52. The average Bonchev–Trinajstić information content (AvgIpc) is 2.87. The Kier molecular flexibility index (Phi) is 14.3. The molecule has 1 unspecified atom stereocenters. The molecule has 6 nitrogen and oxygen atoms in total. The quantitative estimate of drug-likeness (QED) is 0.216. The van der Waals surface area contributed by atoms with Crippen molar-refractivity contribution in [2.24, 2.45) is 0 Å². The predicted octanol–water partition coefficient (Wildman–Crippen LogP) is 6.04. The van der Waals surface area contributed by atoms with Gasteiger partial charge in [-0.3, -0.25) is 24.7 Å². The number of hydrogen-bond donors (Lipinski definition) is 1. The van der Waals surface area contributed by atoms with Crippen LogP contribution in [-0.2, 0) is 20.8 Å². The van der Waals surface area contributed by atoms with Gasteiger partial charge in [0.2, 0.25) is 12.3 Å². The van der Waals surface area contributed by atoms with E-state index in [1.165, 1.54) is 6.07 Å². The van der Waals surface area contributed by atoms with Gasteiger partial charge in [-0.1, -0.05) is 70.7 Å². The molecular weight excluding hydrogens is 457 g/mol. The number of allylic oxidation sites excluding steroid dienone is 3. The average molecular weight is 500 g/mol. The van der Waals surface area contributed by atoms with Crippen LogP contribution in [0.1, 0.15) is 78.7 Å². The second-order valence-corrected chi connectivity index (χ2v) is 8.57. The van der Waals surface area contributed by atoms with Crippen molar-refractivity contribution in [2.45, 2.75) is 85.6 Å². The molecule has 0 saturated heterocycles. The van der Waals surface area contributed by atoms with Crippen LogP contribution in [0.2, 0.25) is 0 Å². The molecule has 0 aromatic heterocycles. The van der Waals surface area contributed by atoms with Crippen LogP contribution in [0.4, 0.5) is 10.1 Å². The topological polar surface area (TPSA) is 69.7 Å². The number of rotatable bonds is 12. The van der Waals surface area contributed by atoms with Gasteiger partial charge >= 0.3 is 0 Å². The van der Waals surface area contributed by atoms with Crippen molar-refractivity contribution in [1.29, 1.82) is 0 Å². The van der Waals surface area contributed by atoms with Gasteiger partial charge in [-0.15, -0.1) is 0 Å². The minimum absolute atomic E-state index is 0.0385. The van der Waals surface area contributed by atoms with E-state index in [1.807, 2.05) is 45.9 Å². The number of likely N-dealkylation sites (N-methyl/N-ethyl adjacent to an activating group) is 1. The maximum absolute atomic E-state index is 14.6. The number of nitrogens with one attached hydrogen (secondary N) is 1. The van der Waals surface area contributed by atoms with Gasteiger partial charge in [-0.05, 0) is 56.0 Å². The Hall–Kier alpha value is -3.06. The highest BCUT2D eigenvalue weighted by Gasteiger charge is 2.29. The summed E-state index contributed by atoms with van der Waals surface area (Å²) in [6.07, 6.45) is 13.2. The predicted molar refractivity (Wildman–Crippen MR) is 145 cm³/mol. The van der Waals surface area contributed by atoms with E-state index in [0.717, 1.165) is 41.7 Å². The van der Waals surface area contributed by atoms with E-state index < -0.39 is 11.7 Å². The zero-order valence-corrected chi connectivity index (χ0v) is 22.6. The Morgan fingerprint density at radius 2 is 1.86 bits per heavy atom. The molecule has 1 atom stereocenters. The summed E-state index contributed by atoms with van der Waals surface area (Å²) in [7, 11) is 1.78. The second-order valence-electron chi connectivity index (χ2n) is 8.57. The minimum Gasteiger partial charge on any atom is -0.284 e. The summed E-state index contributed by atoms with van der Waals surface area (Å²) in [4.78, 5) is 37.6. The number of hydrazine groups is 1. The van der Waals surface area contributed by atoms with Crippen molar-refractivity contribution in [1.82, 2.24) is 10.4 Å². The van der Waals surface area contributed by atoms with Crippen LogP contribution in [0, 0.1) is 5.82 Å². The first-order chi connectivity index (χ1) is 17.3. The van der Waals surface area contributed by atoms with Crippen LogP contribution >= 0.6 is 0 Å². The molecule has 1 aromatic rings. The third-order valence-corrected chi connectivity index (χ3v) is 6.05. The molecule has 1 heterocycles. The first-order valence-corrected chi connectivity index (χ1v) is 12.9. The van der Waals surface area contributed by atoms with E-state index in [1.54, 1.807) is 30.3 Å². The minimum atomic E-state index is -0.622. The number of amides is 3. The largest absolute Gasteiger partial charge is 0.284 e. The van der Waals surface area contributed by atoms with Crippen LogP contribution in [0.3, 0.4) is 0 Å². The van der Waals surface area contributed by atoms with Crippen LogP contribution in [0.5, 0.6) is 0 Å². The fourth-order valence-corrected chi connectivity index (χ4v) is 4.05. The number of carbonyl (C=O) groups excluding carboxylic acids is 3. The lowest BCUT2D eigenvalue weighted by atomic mass is 9.93. The third-order valence-electron chi connectivity index (χ3n) is 6.05. The molecule has 198 valence electrons. The molecule has 0 fully saturated rings. The summed E-state index contributed by atoms with van der Waals surface area (Å²) in [6.45, 7) is 9.92. The molecule has 0 spiro atoms. The van der Waals surface area contributed by atoms with E-state index in [-0.39, 0.29) is 24.1 Å². The van der Waals surface area contributed by atoms with Gasteiger partial charge in [0.15, 0.2) is 0 Å². The second kappa shape index (κ2) is 16.6. The van der Waals surface area contributed by atoms with Gasteiger partial charge < -0.3 is 0 Å². The highest BCUT2D eigenvalue weighted by molar-refractivity contribution is 6.07. The maximum Gasteiger partial charge on any atom is 0.265 e. The standard InChI is InChI=1S/C27H36FN3O3.C2H6/c1-5-7-9-10-12-14-26(33)31(19-32)25-18-21(15-16-23(25)28)17-24-20(3)22(13-11-8-6-2)27(34)29-30(24)4;1-2/h6,8,11,13,15-16,18-19,24H,5,7,9-10,12,14,17H2,1-4H3,(H,29,34);1-2H3/b8-6-,13-11-;. The number of anilines is 1. The number of unbranched alkanes of at least 4 members (excludes halogenated alkanes) is 4. The van der Waals surface area contributed by atoms with Gasteiger partial charge in [-0.25, -0.2) is 9.40 Å². The molecule has 3 amide bonds. The number of nitrogens with zero attached hydrogens (tertiary/aromatic N) is 2. The Morgan fingerprint density at radius 1 is 1.17 bits per heavy atom. The fourth-order valence-electron chi connectivity index (χ4n) is 4.05. The van der Waals surface area contributed by atoms with Gasteiger partial charge in [0, 0.05) is 19.0 Å². The molecule has 1 aliphatic rings. The molecule has 36 heavy (non-hydrogen) atoms. The highest BCUT2D eigenvalue weighted by atomic mass is 19.1. The third kappa shape index (κ3) is 8.86. The zero-order chi connectivity index (χ0) is 27.1. The van der Waals surface area contributed by atoms with E-state index in [0.29, 0.717) is 24.8 Å². The van der Waals surface area contributed by atoms with E-state index in [2.05, 4.69) is 12.3 Å².